The number of carboxylic acids is 1. The molecule has 2 aromatic rings. The van der Waals surface area contributed by atoms with Gasteiger partial charge in [-0.1, -0.05) is 18.2 Å². The van der Waals surface area contributed by atoms with Gasteiger partial charge in [-0.3, -0.25) is 0 Å². The van der Waals surface area contributed by atoms with Crippen molar-refractivity contribution in [3.05, 3.63) is 47.0 Å². The summed E-state index contributed by atoms with van der Waals surface area (Å²) in [4.78, 5) is 10.9. The Morgan fingerprint density at radius 2 is 1.93 bits per heavy atom. The van der Waals surface area contributed by atoms with Crippen molar-refractivity contribution in [2.75, 3.05) is 0 Å². The van der Waals surface area contributed by atoms with Gasteiger partial charge < -0.3 is 5.11 Å². The van der Waals surface area contributed by atoms with Crippen molar-refractivity contribution < 1.29 is 9.90 Å². The molecule has 0 aromatic heterocycles. The van der Waals surface area contributed by atoms with E-state index in [1.54, 1.807) is 12.1 Å². The molecule has 2 nitrogen and oxygen atoms in total. The van der Waals surface area contributed by atoms with Crippen LogP contribution < -0.4 is 0 Å². The first-order chi connectivity index (χ1) is 7.25. The molecule has 15 heavy (non-hydrogen) atoms. The van der Waals surface area contributed by atoms with Crippen LogP contribution in [0.5, 0.6) is 0 Å². The lowest BCUT2D eigenvalue weighted by atomic mass is 10.0. The lowest BCUT2D eigenvalue weighted by Gasteiger charge is -2.03. The summed E-state index contributed by atoms with van der Waals surface area (Å²) in [6.07, 6.45) is 2.01. The monoisotopic (exact) mass is 198 g/mol. The quantitative estimate of drug-likeness (QED) is 0.764. The summed E-state index contributed by atoms with van der Waals surface area (Å²) in [6, 6.07) is 9.68. The van der Waals surface area contributed by atoms with E-state index in [9.17, 15) is 4.79 Å². The highest BCUT2D eigenvalue weighted by atomic mass is 16.4. The largest absolute Gasteiger partial charge is 0.478 e. The van der Waals surface area contributed by atoms with Crippen LogP contribution in [-0.4, -0.2) is 11.1 Å². The number of rotatable bonds is 1. The molecule has 0 amide bonds. The highest BCUT2D eigenvalue weighted by Crippen LogP contribution is 2.31. The summed E-state index contributed by atoms with van der Waals surface area (Å²) >= 11 is 0. The second-order valence-electron chi connectivity index (χ2n) is 3.96. The molecule has 1 aliphatic rings. The van der Waals surface area contributed by atoms with E-state index in [0.29, 0.717) is 5.56 Å². The second kappa shape index (κ2) is 2.83. The minimum atomic E-state index is -0.842. The molecule has 0 saturated carbocycles. The van der Waals surface area contributed by atoms with Gasteiger partial charge in [0, 0.05) is 0 Å². The third-order valence-electron chi connectivity index (χ3n) is 3.06. The van der Waals surface area contributed by atoms with Crippen molar-refractivity contribution in [3.8, 4) is 0 Å². The smallest absolute Gasteiger partial charge is 0.335 e. The molecule has 74 valence electrons. The molecule has 3 rings (SSSR count). The van der Waals surface area contributed by atoms with Crippen molar-refractivity contribution in [1.29, 1.82) is 0 Å². The van der Waals surface area contributed by atoms with Crippen LogP contribution in [-0.2, 0) is 12.8 Å². The maximum atomic E-state index is 10.9. The molecule has 0 fully saturated rings. The molecule has 0 radical (unpaired) electrons. The normalized spacial score (nSPS) is 13.3. The van der Waals surface area contributed by atoms with Gasteiger partial charge in [-0.15, -0.1) is 0 Å². The molecule has 0 aliphatic heterocycles. The van der Waals surface area contributed by atoms with Crippen molar-refractivity contribution in [2.24, 2.45) is 0 Å². The number of benzene rings is 2. The number of carbonyl (C=O) groups is 1. The molecule has 0 atom stereocenters. The van der Waals surface area contributed by atoms with Gasteiger partial charge in [-0.2, -0.15) is 0 Å². The Bertz CT molecular complexity index is 570. The summed E-state index contributed by atoms with van der Waals surface area (Å²) in [5.74, 6) is -0.842. The average Bonchev–Trinajstić information content (AvgIpc) is 2.64. The van der Waals surface area contributed by atoms with Crippen LogP contribution in [0.3, 0.4) is 0 Å². The van der Waals surface area contributed by atoms with Gasteiger partial charge in [-0.05, 0) is 46.9 Å². The molecular weight excluding hydrogens is 188 g/mol. The van der Waals surface area contributed by atoms with Gasteiger partial charge in [0.05, 0.1) is 5.56 Å². The first kappa shape index (κ1) is 8.48. The van der Waals surface area contributed by atoms with Gasteiger partial charge in [0.2, 0.25) is 0 Å². The van der Waals surface area contributed by atoms with Crippen LogP contribution in [0, 0.1) is 0 Å². The Hall–Kier alpha value is -1.83. The van der Waals surface area contributed by atoms with Crippen LogP contribution in [0.1, 0.15) is 21.5 Å². The van der Waals surface area contributed by atoms with Crippen molar-refractivity contribution in [3.63, 3.8) is 0 Å². The minimum absolute atomic E-state index is 0.400. The fourth-order valence-electron chi connectivity index (χ4n) is 2.40. The van der Waals surface area contributed by atoms with E-state index in [0.717, 1.165) is 18.2 Å². The molecule has 0 heterocycles. The number of hydrogen-bond acceptors (Lipinski definition) is 1. The van der Waals surface area contributed by atoms with E-state index in [1.807, 2.05) is 12.1 Å². The van der Waals surface area contributed by atoms with E-state index in [2.05, 4.69) is 6.07 Å². The molecule has 2 aromatic carbocycles. The molecule has 0 bridgehead atoms. The molecule has 1 N–H and O–H groups in total. The average molecular weight is 198 g/mol. The predicted molar refractivity (Wildman–Crippen MR) is 58.3 cm³/mol. The minimum Gasteiger partial charge on any atom is -0.478 e. The molecule has 0 unspecified atom stereocenters. The van der Waals surface area contributed by atoms with Gasteiger partial charge in [-0.25, -0.2) is 4.79 Å². The highest BCUT2D eigenvalue weighted by molar-refractivity contribution is 5.98. The summed E-state index contributed by atoms with van der Waals surface area (Å²) in [6.45, 7) is 0. The zero-order valence-electron chi connectivity index (χ0n) is 8.16. The molecule has 2 heteroatoms. The Balaban J connectivity index is 2.41. The zero-order valence-corrected chi connectivity index (χ0v) is 8.16. The zero-order chi connectivity index (χ0) is 10.4. The van der Waals surface area contributed by atoms with Crippen LogP contribution in [0.15, 0.2) is 30.3 Å². The van der Waals surface area contributed by atoms with Gasteiger partial charge in [0.25, 0.3) is 0 Å². The topological polar surface area (TPSA) is 37.3 Å². The standard InChI is InChI=1S/C13H10O2/c14-13(15)11-6-9-3-1-2-8-4-5-10(7-11)12(8)9/h1-3,6-7H,4-5H2,(H,14,15). The third kappa shape index (κ3) is 1.14. The SMILES string of the molecule is O=C(O)c1cc2c3c(cccc3c1)CC2. The van der Waals surface area contributed by atoms with Gasteiger partial charge >= 0.3 is 5.97 Å². The van der Waals surface area contributed by atoms with Crippen LogP contribution in [0.4, 0.5) is 0 Å². The lowest BCUT2D eigenvalue weighted by Crippen LogP contribution is -1.97. The summed E-state index contributed by atoms with van der Waals surface area (Å²) in [5, 5.41) is 11.3. The fourth-order valence-corrected chi connectivity index (χ4v) is 2.40. The van der Waals surface area contributed by atoms with Crippen molar-refractivity contribution >= 4 is 16.7 Å². The molecular formula is C13H10O2. The number of carboxylic acid groups (broad SMARTS) is 1. The molecule has 0 spiro atoms. The summed E-state index contributed by atoms with van der Waals surface area (Å²) in [7, 11) is 0. The van der Waals surface area contributed by atoms with Crippen molar-refractivity contribution in [2.45, 2.75) is 12.8 Å². The van der Waals surface area contributed by atoms with Gasteiger partial charge in [0.1, 0.15) is 0 Å². The van der Waals surface area contributed by atoms with Crippen LogP contribution in [0.25, 0.3) is 10.8 Å². The van der Waals surface area contributed by atoms with Gasteiger partial charge in [0.15, 0.2) is 0 Å². The Morgan fingerprint density at radius 1 is 1.13 bits per heavy atom. The first-order valence-electron chi connectivity index (χ1n) is 5.03. The lowest BCUT2D eigenvalue weighted by molar-refractivity contribution is 0.0697. The number of aromatic carboxylic acids is 1. The third-order valence-corrected chi connectivity index (χ3v) is 3.06. The van der Waals surface area contributed by atoms with Crippen molar-refractivity contribution in [1.82, 2.24) is 0 Å². The van der Waals surface area contributed by atoms with Crippen LogP contribution in [0.2, 0.25) is 0 Å². The predicted octanol–water partition coefficient (Wildman–Crippen LogP) is 2.64. The summed E-state index contributed by atoms with van der Waals surface area (Å²) < 4.78 is 0. The maximum absolute atomic E-state index is 10.9. The second-order valence-corrected chi connectivity index (χ2v) is 3.96. The Labute approximate surface area is 87.2 Å². The van der Waals surface area contributed by atoms with E-state index >= 15 is 0 Å². The Morgan fingerprint density at radius 3 is 2.73 bits per heavy atom. The Kier molecular flexibility index (Phi) is 1.60. The van der Waals surface area contributed by atoms with E-state index < -0.39 is 5.97 Å². The van der Waals surface area contributed by atoms with E-state index in [1.165, 1.54) is 16.5 Å². The molecule has 1 aliphatic carbocycles. The number of hydrogen-bond donors (Lipinski definition) is 1. The first-order valence-corrected chi connectivity index (χ1v) is 5.03. The fraction of sp³-hybridized carbons (Fsp3) is 0.154. The molecule has 0 saturated heterocycles. The summed E-state index contributed by atoms with van der Waals surface area (Å²) in [5.41, 5.74) is 2.93. The number of aryl methyl sites for hydroxylation is 2. The van der Waals surface area contributed by atoms with E-state index in [4.69, 9.17) is 5.11 Å². The van der Waals surface area contributed by atoms with Crippen LogP contribution >= 0.6 is 0 Å². The maximum Gasteiger partial charge on any atom is 0.335 e. The van der Waals surface area contributed by atoms with E-state index in [-0.39, 0.29) is 0 Å². The highest BCUT2D eigenvalue weighted by Gasteiger charge is 2.16.